The van der Waals surface area contributed by atoms with Crippen molar-refractivity contribution < 1.29 is 9.47 Å². The Hall–Kier alpha value is -0.620. The van der Waals surface area contributed by atoms with Gasteiger partial charge in [-0.05, 0) is 25.1 Å². The number of imidazole rings is 1. The number of halogens is 2. The summed E-state index contributed by atoms with van der Waals surface area (Å²) >= 11 is 9.82. The van der Waals surface area contributed by atoms with Gasteiger partial charge in [-0.2, -0.15) is 0 Å². The fraction of sp³-hybridized carbons (Fsp3) is 0.533. The van der Waals surface area contributed by atoms with Crippen LogP contribution in [0.3, 0.4) is 0 Å². The Morgan fingerprint density at radius 2 is 2.38 bits per heavy atom. The molecule has 2 unspecified atom stereocenters. The molecule has 1 fully saturated rings. The van der Waals surface area contributed by atoms with Gasteiger partial charge in [0.15, 0.2) is 0 Å². The summed E-state index contributed by atoms with van der Waals surface area (Å²) in [5, 5.41) is -0.160. The van der Waals surface area contributed by atoms with E-state index in [1.165, 1.54) is 0 Å². The highest BCUT2D eigenvalue weighted by atomic mass is 79.9. The summed E-state index contributed by atoms with van der Waals surface area (Å²) in [6.45, 7) is 3.99. The zero-order chi connectivity index (χ0) is 15.0. The van der Waals surface area contributed by atoms with Crippen LogP contribution >= 0.6 is 27.5 Å². The summed E-state index contributed by atoms with van der Waals surface area (Å²) in [7, 11) is 1.74. The first-order valence-electron chi connectivity index (χ1n) is 6.97. The number of hydrogen-bond acceptors (Lipinski definition) is 3. The van der Waals surface area contributed by atoms with E-state index in [2.05, 4.69) is 31.5 Å². The number of methoxy groups -OCH3 is 1. The number of hydrogen-bond donors (Lipinski definition) is 0. The van der Waals surface area contributed by atoms with E-state index in [1.807, 2.05) is 19.1 Å². The lowest BCUT2D eigenvalue weighted by Gasteiger charge is -2.27. The summed E-state index contributed by atoms with van der Waals surface area (Å²) < 4.78 is 14.5. The molecule has 2 aromatic rings. The Bertz CT molecular complexity index is 650. The first-order valence-corrected chi connectivity index (χ1v) is 8.20. The number of ether oxygens (including phenoxy) is 2. The van der Waals surface area contributed by atoms with E-state index in [4.69, 9.17) is 21.1 Å². The second-order valence-corrected chi connectivity index (χ2v) is 7.07. The minimum Gasteiger partial charge on any atom is -0.378 e. The standard InChI is InChI=1S/C15H18BrClN2O2/c1-10(17)14-18-12-7-11(16)3-4-13(12)19(14)8-15(20-2)5-6-21-9-15/h3-4,7,10H,5-6,8-9H2,1-2H3. The van der Waals surface area contributed by atoms with E-state index in [0.717, 1.165) is 34.4 Å². The van der Waals surface area contributed by atoms with Gasteiger partial charge in [0.25, 0.3) is 0 Å². The third-order valence-electron chi connectivity index (χ3n) is 4.04. The molecule has 4 nitrogen and oxygen atoms in total. The molecular formula is C15H18BrClN2O2. The quantitative estimate of drug-likeness (QED) is 0.763. The van der Waals surface area contributed by atoms with E-state index in [1.54, 1.807) is 7.11 Å². The van der Waals surface area contributed by atoms with Gasteiger partial charge in [-0.1, -0.05) is 15.9 Å². The monoisotopic (exact) mass is 372 g/mol. The van der Waals surface area contributed by atoms with Gasteiger partial charge < -0.3 is 14.0 Å². The molecule has 0 radical (unpaired) electrons. The van der Waals surface area contributed by atoms with E-state index in [-0.39, 0.29) is 11.0 Å². The van der Waals surface area contributed by atoms with Gasteiger partial charge in [0.2, 0.25) is 0 Å². The molecule has 0 amide bonds. The molecule has 1 saturated heterocycles. The lowest BCUT2D eigenvalue weighted by atomic mass is 10.0. The topological polar surface area (TPSA) is 36.3 Å². The van der Waals surface area contributed by atoms with Crippen molar-refractivity contribution in [1.29, 1.82) is 0 Å². The number of aromatic nitrogens is 2. The molecule has 3 rings (SSSR count). The summed E-state index contributed by atoms with van der Waals surface area (Å²) in [4.78, 5) is 4.69. The molecule has 21 heavy (non-hydrogen) atoms. The van der Waals surface area contributed by atoms with Crippen molar-refractivity contribution in [2.75, 3.05) is 20.3 Å². The highest BCUT2D eigenvalue weighted by Crippen LogP contribution is 2.31. The van der Waals surface area contributed by atoms with Gasteiger partial charge in [0.05, 0.1) is 29.6 Å². The summed E-state index contributed by atoms with van der Waals surface area (Å²) in [6.07, 6.45) is 0.885. The molecular weight excluding hydrogens is 356 g/mol. The van der Waals surface area contributed by atoms with E-state index < -0.39 is 0 Å². The number of benzene rings is 1. The van der Waals surface area contributed by atoms with E-state index in [9.17, 15) is 0 Å². The maximum atomic E-state index is 6.33. The lowest BCUT2D eigenvalue weighted by molar-refractivity contribution is -0.0292. The fourth-order valence-electron chi connectivity index (χ4n) is 2.82. The molecule has 2 atom stereocenters. The Morgan fingerprint density at radius 3 is 3.00 bits per heavy atom. The second-order valence-electron chi connectivity index (χ2n) is 5.49. The molecule has 1 aliphatic rings. The summed E-state index contributed by atoms with van der Waals surface area (Å²) in [5.74, 6) is 0.869. The molecule has 0 bridgehead atoms. The molecule has 114 valence electrons. The third kappa shape index (κ3) is 2.84. The van der Waals surface area contributed by atoms with Crippen LogP contribution in [0.25, 0.3) is 11.0 Å². The third-order valence-corrected chi connectivity index (χ3v) is 4.73. The van der Waals surface area contributed by atoms with Crippen LogP contribution in [0.5, 0.6) is 0 Å². The van der Waals surface area contributed by atoms with Crippen molar-refractivity contribution in [3.05, 3.63) is 28.5 Å². The predicted molar refractivity (Wildman–Crippen MR) is 86.9 cm³/mol. The molecule has 6 heteroatoms. The second kappa shape index (κ2) is 5.88. The molecule has 0 N–H and O–H groups in total. The highest BCUT2D eigenvalue weighted by Gasteiger charge is 2.36. The Morgan fingerprint density at radius 1 is 1.57 bits per heavy atom. The first-order chi connectivity index (χ1) is 10.0. The summed E-state index contributed by atoms with van der Waals surface area (Å²) in [6, 6.07) is 6.10. The highest BCUT2D eigenvalue weighted by molar-refractivity contribution is 9.10. The number of nitrogens with zero attached hydrogens (tertiary/aromatic N) is 2. The van der Waals surface area contributed by atoms with Crippen LogP contribution in [-0.2, 0) is 16.0 Å². The SMILES string of the molecule is COC1(Cn2c(C(C)Cl)nc3cc(Br)ccc32)CCOC1. The van der Waals surface area contributed by atoms with Crippen molar-refractivity contribution >= 4 is 38.6 Å². The minimum absolute atomic E-state index is 0.160. The van der Waals surface area contributed by atoms with Gasteiger partial charge in [0, 0.05) is 24.6 Å². The van der Waals surface area contributed by atoms with Crippen molar-refractivity contribution in [2.24, 2.45) is 0 Å². The maximum absolute atomic E-state index is 6.33. The average molecular weight is 374 g/mol. The molecule has 1 aromatic carbocycles. The van der Waals surface area contributed by atoms with Gasteiger partial charge in [-0.25, -0.2) is 4.98 Å². The molecule has 0 spiro atoms. The Balaban J connectivity index is 2.09. The van der Waals surface area contributed by atoms with Crippen LogP contribution in [-0.4, -0.2) is 35.5 Å². The van der Waals surface area contributed by atoms with Gasteiger partial charge in [-0.3, -0.25) is 0 Å². The normalized spacial score (nSPS) is 23.8. The Kier molecular flexibility index (Phi) is 4.28. The maximum Gasteiger partial charge on any atom is 0.127 e. The van der Waals surface area contributed by atoms with Crippen LogP contribution in [0.1, 0.15) is 24.5 Å². The first kappa shape index (κ1) is 15.3. The van der Waals surface area contributed by atoms with Crippen molar-refractivity contribution in [3.8, 4) is 0 Å². The lowest BCUT2D eigenvalue weighted by Crippen LogP contribution is -2.37. The van der Waals surface area contributed by atoms with Crippen molar-refractivity contribution in [2.45, 2.75) is 30.9 Å². The van der Waals surface area contributed by atoms with Gasteiger partial charge in [-0.15, -0.1) is 11.6 Å². The molecule has 2 heterocycles. The van der Waals surface area contributed by atoms with Crippen LogP contribution in [0, 0.1) is 0 Å². The van der Waals surface area contributed by atoms with Crippen LogP contribution in [0.2, 0.25) is 0 Å². The summed E-state index contributed by atoms with van der Waals surface area (Å²) in [5.41, 5.74) is 1.72. The van der Waals surface area contributed by atoms with Crippen molar-refractivity contribution in [3.63, 3.8) is 0 Å². The van der Waals surface area contributed by atoms with Crippen molar-refractivity contribution in [1.82, 2.24) is 9.55 Å². The van der Waals surface area contributed by atoms with E-state index in [0.29, 0.717) is 13.2 Å². The van der Waals surface area contributed by atoms with Crippen LogP contribution < -0.4 is 0 Å². The zero-order valence-electron chi connectivity index (χ0n) is 12.1. The van der Waals surface area contributed by atoms with E-state index >= 15 is 0 Å². The molecule has 1 aromatic heterocycles. The predicted octanol–water partition coefficient (Wildman–Crippen LogP) is 3.90. The van der Waals surface area contributed by atoms with Gasteiger partial charge in [0.1, 0.15) is 11.4 Å². The number of fused-ring (bicyclic) bond motifs is 1. The van der Waals surface area contributed by atoms with Crippen LogP contribution in [0.4, 0.5) is 0 Å². The molecule has 0 aliphatic carbocycles. The minimum atomic E-state index is -0.290. The Labute approximate surface area is 137 Å². The zero-order valence-corrected chi connectivity index (χ0v) is 14.4. The average Bonchev–Trinajstić information content (AvgIpc) is 3.05. The molecule has 1 aliphatic heterocycles. The van der Waals surface area contributed by atoms with Crippen LogP contribution in [0.15, 0.2) is 22.7 Å². The van der Waals surface area contributed by atoms with Gasteiger partial charge >= 0.3 is 0 Å². The fourth-order valence-corrected chi connectivity index (χ4v) is 3.33. The number of alkyl halides is 1. The molecule has 0 saturated carbocycles. The number of rotatable bonds is 4. The largest absolute Gasteiger partial charge is 0.378 e. The smallest absolute Gasteiger partial charge is 0.127 e.